The summed E-state index contributed by atoms with van der Waals surface area (Å²) in [7, 11) is 0. The first-order valence-corrected chi connectivity index (χ1v) is 9.40. The van der Waals surface area contributed by atoms with E-state index in [0.29, 0.717) is 12.5 Å². The second-order valence-electron chi connectivity index (χ2n) is 7.03. The molecule has 1 aromatic heterocycles. The summed E-state index contributed by atoms with van der Waals surface area (Å²) in [6, 6.07) is -0.339. The first-order chi connectivity index (χ1) is 12.2. The molecule has 8 heteroatoms. The third-order valence-corrected chi connectivity index (χ3v) is 4.88. The molecule has 1 aliphatic carbocycles. The number of hydrogen-bond donors (Lipinski definition) is 3. The van der Waals surface area contributed by atoms with E-state index in [0.717, 1.165) is 37.9 Å². The van der Waals surface area contributed by atoms with Crippen LogP contribution in [0.15, 0.2) is 6.20 Å². The molecule has 2 fully saturated rings. The van der Waals surface area contributed by atoms with Gasteiger partial charge in [0.1, 0.15) is 6.10 Å². The number of aliphatic hydroxyl groups is 1. The number of aromatic nitrogens is 3. The van der Waals surface area contributed by atoms with Crippen molar-refractivity contribution in [3.8, 4) is 0 Å². The molecule has 140 valence electrons. The van der Waals surface area contributed by atoms with Crippen LogP contribution in [0.4, 0.5) is 4.79 Å². The molecule has 3 rings (SSSR count). The third kappa shape index (κ3) is 5.15. The smallest absolute Gasteiger partial charge is 0.315 e. The molecule has 0 unspecified atom stereocenters. The van der Waals surface area contributed by atoms with Crippen molar-refractivity contribution < 1.29 is 14.6 Å². The number of nitrogens with one attached hydrogen (secondary N) is 2. The van der Waals surface area contributed by atoms with E-state index in [-0.39, 0.29) is 30.9 Å². The number of aryl methyl sites for hydroxylation is 1. The van der Waals surface area contributed by atoms with E-state index in [4.69, 9.17) is 4.74 Å². The molecule has 0 radical (unpaired) electrons. The van der Waals surface area contributed by atoms with Crippen LogP contribution in [-0.4, -0.2) is 57.5 Å². The van der Waals surface area contributed by atoms with Crippen molar-refractivity contribution in [2.24, 2.45) is 0 Å². The van der Waals surface area contributed by atoms with Crippen molar-refractivity contribution in [1.29, 1.82) is 0 Å². The average Bonchev–Trinajstić information content (AvgIpc) is 3.37. The Morgan fingerprint density at radius 1 is 1.40 bits per heavy atom. The monoisotopic (exact) mass is 351 g/mol. The molecule has 1 aromatic rings. The summed E-state index contributed by atoms with van der Waals surface area (Å²) in [6.45, 7) is 3.32. The van der Waals surface area contributed by atoms with Gasteiger partial charge < -0.3 is 20.5 Å². The van der Waals surface area contributed by atoms with Crippen molar-refractivity contribution in [3.05, 3.63) is 11.9 Å². The van der Waals surface area contributed by atoms with Crippen molar-refractivity contribution >= 4 is 6.03 Å². The zero-order valence-corrected chi connectivity index (χ0v) is 14.9. The van der Waals surface area contributed by atoms with E-state index in [1.54, 1.807) is 0 Å². The topological polar surface area (TPSA) is 101 Å². The van der Waals surface area contributed by atoms with Gasteiger partial charge in [0.15, 0.2) is 0 Å². The highest BCUT2D eigenvalue weighted by molar-refractivity contribution is 5.74. The summed E-state index contributed by atoms with van der Waals surface area (Å²) in [4.78, 5) is 11.8. The zero-order valence-electron chi connectivity index (χ0n) is 14.9. The predicted octanol–water partition coefficient (Wildman–Crippen LogP) is 1.16. The zero-order chi connectivity index (χ0) is 17.6. The molecule has 0 aromatic carbocycles. The highest BCUT2D eigenvalue weighted by Crippen LogP contribution is 2.38. The highest BCUT2D eigenvalue weighted by atomic mass is 16.5. The molecule has 25 heavy (non-hydrogen) atoms. The van der Waals surface area contributed by atoms with Crippen LogP contribution in [0.3, 0.4) is 0 Å². The van der Waals surface area contributed by atoms with Gasteiger partial charge in [-0.3, -0.25) is 4.68 Å². The fourth-order valence-corrected chi connectivity index (χ4v) is 3.23. The van der Waals surface area contributed by atoms with E-state index in [1.807, 2.05) is 17.8 Å². The lowest BCUT2D eigenvalue weighted by atomic mass is 9.97. The molecule has 2 aliphatic rings. The fraction of sp³-hybridized carbons (Fsp3) is 0.824. The maximum Gasteiger partial charge on any atom is 0.315 e. The second-order valence-corrected chi connectivity index (χ2v) is 7.03. The number of aliphatic hydroxyl groups excluding tert-OH is 1. The van der Waals surface area contributed by atoms with Gasteiger partial charge in [0.25, 0.3) is 0 Å². The fourth-order valence-electron chi connectivity index (χ4n) is 3.23. The Hall–Kier alpha value is -1.67. The Bertz CT molecular complexity index is 560. The lowest BCUT2D eigenvalue weighted by Gasteiger charge is -2.36. The average molecular weight is 351 g/mol. The number of urea groups is 1. The lowest BCUT2D eigenvalue weighted by molar-refractivity contribution is -0.0907. The van der Waals surface area contributed by atoms with Gasteiger partial charge in [-0.25, -0.2) is 4.79 Å². The van der Waals surface area contributed by atoms with Crippen LogP contribution < -0.4 is 10.6 Å². The van der Waals surface area contributed by atoms with E-state index in [2.05, 4.69) is 20.9 Å². The standard InChI is InChI=1S/C17H29N5O3/c1-2-8-18-17(24)19-14-6-5-13(25-16(14)11-23)7-9-22-10-15(20-21-22)12-3-4-12/h10,12-14,16,23H,2-9,11H2,1H3,(H2,18,19,24)/t13-,14-,16+/m1/s1. The Morgan fingerprint density at radius 2 is 2.24 bits per heavy atom. The Morgan fingerprint density at radius 3 is 2.96 bits per heavy atom. The maximum atomic E-state index is 11.8. The molecule has 3 atom stereocenters. The van der Waals surface area contributed by atoms with Gasteiger partial charge in [-0.05, 0) is 38.5 Å². The molecule has 1 aliphatic heterocycles. The Labute approximate surface area is 148 Å². The minimum atomic E-state index is -0.358. The predicted molar refractivity (Wildman–Crippen MR) is 92.2 cm³/mol. The van der Waals surface area contributed by atoms with Gasteiger partial charge in [0.2, 0.25) is 0 Å². The van der Waals surface area contributed by atoms with Gasteiger partial charge >= 0.3 is 6.03 Å². The van der Waals surface area contributed by atoms with Gasteiger partial charge in [0.05, 0.1) is 24.4 Å². The van der Waals surface area contributed by atoms with Crippen molar-refractivity contribution in [2.45, 2.75) is 76.2 Å². The molecule has 1 saturated carbocycles. The number of rotatable bonds is 8. The molecule has 1 saturated heterocycles. The van der Waals surface area contributed by atoms with Crippen molar-refractivity contribution in [2.75, 3.05) is 13.2 Å². The van der Waals surface area contributed by atoms with Crippen LogP contribution in [0.2, 0.25) is 0 Å². The Kier molecular flexibility index (Phi) is 6.25. The molecule has 8 nitrogen and oxygen atoms in total. The summed E-state index contributed by atoms with van der Waals surface area (Å²) < 4.78 is 7.87. The van der Waals surface area contributed by atoms with Crippen LogP contribution in [-0.2, 0) is 11.3 Å². The summed E-state index contributed by atoms with van der Waals surface area (Å²) in [5, 5.41) is 23.7. The lowest BCUT2D eigenvalue weighted by Crippen LogP contribution is -2.53. The summed E-state index contributed by atoms with van der Waals surface area (Å²) in [5.41, 5.74) is 1.10. The van der Waals surface area contributed by atoms with Crippen LogP contribution >= 0.6 is 0 Å². The molecule has 3 N–H and O–H groups in total. The minimum Gasteiger partial charge on any atom is -0.394 e. The molecule has 0 bridgehead atoms. The van der Waals surface area contributed by atoms with Crippen LogP contribution in [0.25, 0.3) is 0 Å². The number of ether oxygens (including phenoxy) is 1. The normalized spacial score (nSPS) is 26.4. The van der Waals surface area contributed by atoms with Gasteiger partial charge in [-0.1, -0.05) is 12.1 Å². The van der Waals surface area contributed by atoms with Gasteiger partial charge in [0, 0.05) is 25.2 Å². The van der Waals surface area contributed by atoms with E-state index in [1.165, 1.54) is 12.8 Å². The van der Waals surface area contributed by atoms with Crippen LogP contribution in [0.5, 0.6) is 0 Å². The highest BCUT2D eigenvalue weighted by Gasteiger charge is 2.32. The number of nitrogens with zero attached hydrogens (tertiary/aromatic N) is 3. The van der Waals surface area contributed by atoms with Crippen molar-refractivity contribution in [1.82, 2.24) is 25.6 Å². The first kappa shape index (κ1) is 18.1. The van der Waals surface area contributed by atoms with Crippen molar-refractivity contribution in [3.63, 3.8) is 0 Å². The van der Waals surface area contributed by atoms with E-state index < -0.39 is 0 Å². The molecular weight excluding hydrogens is 322 g/mol. The molecule has 2 amide bonds. The summed E-state index contributed by atoms with van der Waals surface area (Å²) >= 11 is 0. The van der Waals surface area contributed by atoms with E-state index >= 15 is 0 Å². The van der Waals surface area contributed by atoms with Gasteiger partial charge in [-0.2, -0.15) is 0 Å². The second kappa shape index (κ2) is 8.62. The molecule has 0 spiro atoms. The number of carbonyl (C=O) groups excluding carboxylic acids is 1. The number of hydrogen-bond acceptors (Lipinski definition) is 5. The Balaban J connectivity index is 1.43. The minimum absolute atomic E-state index is 0.0717. The van der Waals surface area contributed by atoms with Crippen LogP contribution in [0, 0.1) is 0 Å². The van der Waals surface area contributed by atoms with Gasteiger partial charge in [-0.15, -0.1) is 5.10 Å². The number of amides is 2. The third-order valence-electron chi connectivity index (χ3n) is 4.88. The summed E-state index contributed by atoms with van der Waals surface area (Å²) in [6.07, 6.45) is 7.59. The SMILES string of the molecule is CCCNC(=O)N[C@@H]1CC[C@H](CCn2cc(C3CC3)nn2)O[C@H]1CO. The molecule has 2 heterocycles. The largest absolute Gasteiger partial charge is 0.394 e. The number of carbonyl (C=O) groups is 1. The molecular formula is C17H29N5O3. The summed E-state index contributed by atoms with van der Waals surface area (Å²) in [5.74, 6) is 0.615. The first-order valence-electron chi connectivity index (χ1n) is 9.40. The maximum absolute atomic E-state index is 11.8. The quantitative estimate of drug-likeness (QED) is 0.652. The van der Waals surface area contributed by atoms with Crippen LogP contribution in [0.1, 0.15) is 57.1 Å². The van der Waals surface area contributed by atoms with E-state index in [9.17, 15) is 9.90 Å².